The minimum absolute atomic E-state index is 0.0359. The van der Waals surface area contributed by atoms with Crippen LogP contribution >= 0.6 is 0 Å². The average Bonchev–Trinajstić information content (AvgIpc) is 2.21. The fraction of sp³-hybridized carbons (Fsp3) is 0.909. The third-order valence-electron chi connectivity index (χ3n) is 2.26. The fourth-order valence-electron chi connectivity index (χ4n) is 1.28. The van der Waals surface area contributed by atoms with E-state index in [0.717, 1.165) is 13.1 Å². The van der Waals surface area contributed by atoms with Crippen molar-refractivity contribution >= 4 is 5.97 Å². The number of unbranched alkanes of at least 4 members (excludes halogenated alkanes) is 3. The van der Waals surface area contributed by atoms with Crippen LogP contribution in [0.2, 0.25) is 0 Å². The number of carbonyl (C=O) groups is 1. The van der Waals surface area contributed by atoms with Crippen molar-refractivity contribution < 1.29 is 9.53 Å². The molecule has 3 nitrogen and oxygen atoms in total. The van der Waals surface area contributed by atoms with Crippen molar-refractivity contribution in [3.05, 3.63) is 0 Å². The molecule has 0 aliphatic heterocycles. The summed E-state index contributed by atoms with van der Waals surface area (Å²) in [5, 5.41) is 3.26. The number of methoxy groups -OCH3 is 1. The fourth-order valence-corrected chi connectivity index (χ4v) is 1.28. The molecular formula is C11H23NO2. The Morgan fingerprint density at radius 1 is 1.36 bits per heavy atom. The summed E-state index contributed by atoms with van der Waals surface area (Å²) in [6.07, 6.45) is 5.03. The first-order valence-electron chi connectivity index (χ1n) is 5.50. The van der Waals surface area contributed by atoms with Crippen LogP contribution in [0.1, 0.15) is 39.5 Å². The number of esters is 1. The number of hydrogen-bond acceptors (Lipinski definition) is 3. The van der Waals surface area contributed by atoms with Crippen LogP contribution in [0.25, 0.3) is 0 Å². The van der Waals surface area contributed by atoms with E-state index >= 15 is 0 Å². The Balaban J connectivity index is 3.23. The van der Waals surface area contributed by atoms with Gasteiger partial charge in [0.25, 0.3) is 0 Å². The van der Waals surface area contributed by atoms with Crippen molar-refractivity contribution in [2.45, 2.75) is 39.5 Å². The lowest BCUT2D eigenvalue weighted by molar-refractivity contribution is -0.144. The van der Waals surface area contributed by atoms with Crippen LogP contribution in [-0.4, -0.2) is 26.2 Å². The van der Waals surface area contributed by atoms with Gasteiger partial charge < -0.3 is 10.1 Å². The van der Waals surface area contributed by atoms with Gasteiger partial charge in [0.2, 0.25) is 0 Å². The van der Waals surface area contributed by atoms with E-state index in [9.17, 15) is 4.79 Å². The molecule has 0 aliphatic carbocycles. The Bertz CT molecular complexity index is 148. The summed E-state index contributed by atoms with van der Waals surface area (Å²) in [4.78, 5) is 11.0. The monoisotopic (exact) mass is 201 g/mol. The first kappa shape index (κ1) is 13.4. The molecule has 0 aliphatic rings. The molecule has 0 saturated carbocycles. The molecule has 1 N–H and O–H groups in total. The van der Waals surface area contributed by atoms with Crippen LogP contribution in [-0.2, 0) is 9.53 Å². The van der Waals surface area contributed by atoms with Gasteiger partial charge >= 0.3 is 5.97 Å². The van der Waals surface area contributed by atoms with Gasteiger partial charge in [-0.25, -0.2) is 0 Å². The maximum absolute atomic E-state index is 11.0. The minimum atomic E-state index is -0.133. The van der Waals surface area contributed by atoms with Crippen LogP contribution in [0.3, 0.4) is 0 Å². The first-order chi connectivity index (χ1) is 6.72. The van der Waals surface area contributed by atoms with Crippen LogP contribution in [0.4, 0.5) is 0 Å². The third kappa shape index (κ3) is 6.89. The molecule has 3 heteroatoms. The van der Waals surface area contributed by atoms with Crippen LogP contribution in [0, 0.1) is 5.92 Å². The molecule has 0 saturated heterocycles. The second kappa shape index (κ2) is 9.00. The van der Waals surface area contributed by atoms with Crippen molar-refractivity contribution in [1.82, 2.24) is 5.32 Å². The Labute approximate surface area is 87.2 Å². The standard InChI is InChI=1S/C11H23NO2/c1-4-5-6-7-8-12-9-10(2)11(13)14-3/h10,12H,4-9H2,1-3H3/t10-/m0/s1. The third-order valence-corrected chi connectivity index (χ3v) is 2.26. The molecule has 0 aromatic rings. The predicted octanol–water partition coefficient (Wildman–Crippen LogP) is 1.97. The molecule has 0 aromatic carbocycles. The highest BCUT2D eigenvalue weighted by Gasteiger charge is 2.11. The van der Waals surface area contributed by atoms with Gasteiger partial charge in [-0.15, -0.1) is 0 Å². The zero-order valence-electron chi connectivity index (χ0n) is 9.64. The SMILES string of the molecule is CCCCCCNC[C@H](C)C(=O)OC. The van der Waals surface area contributed by atoms with Crippen LogP contribution in [0.5, 0.6) is 0 Å². The molecule has 0 rings (SSSR count). The number of carbonyl (C=O) groups excluding carboxylic acids is 1. The van der Waals surface area contributed by atoms with Gasteiger partial charge in [-0.2, -0.15) is 0 Å². The average molecular weight is 201 g/mol. The van der Waals surface area contributed by atoms with Gasteiger partial charge in [0.05, 0.1) is 13.0 Å². The largest absolute Gasteiger partial charge is 0.469 e. The number of ether oxygens (including phenoxy) is 1. The normalized spacial score (nSPS) is 12.5. The lowest BCUT2D eigenvalue weighted by Crippen LogP contribution is -2.27. The highest BCUT2D eigenvalue weighted by Crippen LogP contribution is 1.98. The summed E-state index contributed by atoms with van der Waals surface area (Å²) < 4.78 is 4.63. The van der Waals surface area contributed by atoms with Gasteiger partial charge in [0.15, 0.2) is 0 Å². The maximum atomic E-state index is 11.0. The maximum Gasteiger partial charge on any atom is 0.309 e. The number of rotatable bonds is 8. The van der Waals surface area contributed by atoms with Crippen molar-refractivity contribution in [2.24, 2.45) is 5.92 Å². The number of nitrogens with one attached hydrogen (secondary N) is 1. The quantitative estimate of drug-likeness (QED) is 0.482. The molecule has 1 atom stereocenters. The minimum Gasteiger partial charge on any atom is -0.469 e. The molecule has 0 heterocycles. The lowest BCUT2D eigenvalue weighted by atomic mass is 10.1. The Morgan fingerprint density at radius 2 is 2.07 bits per heavy atom. The summed E-state index contributed by atoms with van der Waals surface area (Å²) in [5.41, 5.74) is 0. The molecular weight excluding hydrogens is 178 g/mol. The molecule has 0 amide bonds. The van der Waals surface area contributed by atoms with Gasteiger partial charge in [0.1, 0.15) is 0 Å². The van der Waals surface area contributed by atoms with E-state index in [0.29, 0.717) is 0 Å². The van der Waals surface area contributed by atoms with E-state index < -0.39 is 0 Å². The van der Waals surface area contributed by atoms with Crippen molar-refractivity contribution in [1.29, 1.82) is 0 Å². The van der Waals surface area contributed by atoms with E-state index in [1.54, 1.807) is 0 Å². The van der Waals surface area contributed by atoms with Crippen molar-refractivity contribution in [3.63, 3.8) is 0 Å². The Hall–Kier alpha value is -0.570. The summed E-state index contributed by atoms with van der Waals surface area (Å²) in [6.45, 7) is 5.80. The number of hydrogen-bond donors (Lipinski definition) is 1. The molecule has 0 spiro atoms. The summed E-state index contributed by atoms with van der Waals surface area (Å²) in [5.74, 6) is -0.169. The molecule has 0 radical (unpaired) electrons. The van der Waals surface area contributed by atoms with Gasteiger partial charge in [-0.05, 0) is 13.0 Å². The summed E-state index contributed by atoms with van der Waals surface area (Å²) in [7, 11) is 1.43. The highest BCUT2D eigenvalue weighted by atomic mass is 16.5. The Kier molecular flexibility index (Phi) is 8.64. The highest BCUT2D eigenvalue weighted by molar-refractivity contribution is 5.71. The molecule has 0 unspecified atom stereocenters. The van der Waals surface area contributed by atoms with E-state index in [-0.39, 0.29) is 11.9 Å². The summed E-state index contributed by atoms with van der Waals surface area (Å²) in [6, 6.07) is 0. The topological polar surface area (TPSA) is 38.3 Å². The van der Waals surface area contributed by atoms with Gasteiger partial charge in [-0.3, -0.25) is 4.79 Å². The molecule has 14 heavy (non-hydrogen) atoms. The molecule has 84 valence electrons. The van der Waals surface area contributed by atoms with Gasteiger partial charge in [0, 0.05) is 6.54 Å². The van der Waals surface area contributed by atoms with Crippen LogP contribution in [0.15, 0.2) is 0 Å². The molecule has 0 aromatic heterocycles. The van der Waals surface area contributed by atoms with Crippen molar-refractivity contribution in [3.8, 4) is 0 Å². The first-order valence-corrected chi connectivity index (χ1v) is 5.50. The van der Waals surface area contributed by atoms with Crippen LogP contribution < -0.4 is 5.32 Å². The Morgan fingerprint density at radius 3 is 2.64 bits per heavy atom. The smallest absolute Gasteiger partial charge is 0.309 e. The van der Waals surface area contributed by atoms with Gasteiger partial charge in [-0.1, -0.05) is 33.1 Å². The van der Waals surface area contributed by atoms with E-state index in [2.05, 4.69) is 17.0 Å². The summed E-state index contributed by atoms with van der Waals surface area (Å²) >= 11 is 0. The zero-order chi connectivity index (χ0) is 10.8. The van der Waals surface area contributed by atoms with E-state index in [4.69, 9.17) is 0 Å². The van der Waals surface area contributed by atoms with Crippen molar-refractivity contribution in [2.75, 3.05) is 20.2 Å². The molecule has 0 fully saturated rings. The lowest BCUT2D eigenvalue weighted by Gasteiger charge is -2.09. The zero-order valence-corrected chi connectivity index (χ0v) is 9.64. The second-order valence-electron chi connectivity index (χ2n) is 3.69. The van der Waals surface area contributed by atoms with E-state index in [1.807, 2.05) is 6.92 Å². The predicted molar refractivity (Wildman–Crippen MR) is 58.2 cm³/mol. The van der Waals surface area contributed by atoms with E-state index in [1.165, 1.54) is 32.8 Å². The second-order valence-corrected chi connectivity index (χ2v) is 3.69. The molecule has 0 bridgehead atoms.